The zero-order chi connectivity index (χ0) is 8.43. The molecule has 1 N–H and O–H groups in total. The molecule has 1 aliphatic rings. The summed E-state index contributed by atoms with van der Waals surface area (Å²) in [5.74, 6) is -0.986. The molecular weight excluding hydrogens is 170 g/mol. The number of carboxylic acid groups (broad SMARTS) is 1. The minimum atomic E-state index is -0.986. The fourth-order valence-corrected chi connectivity index (χ4v) is 1.50. The Morgan fingerprint density at radius 2 is 2.36 bits per heavy atom. The Morgan fingerprint density at radius 3 is 2.73 bits per heavy atom. The van der Waals surface area contributed by atoms with E-state index in [-0.39, 0.29) is 5.38 Å². The first-order valence-electron chi connectivity index (χ1n) is 3.23. The number of nitrogens with zero attached hydrogens (tertiary/aromatic N) is 1. The van der Waals surface area contributed by atoms with Gasteiger partial charge in [0.15, 0.2) is 0 Å². The van der Waals surface area contributed by atoms with E-state index in [1.807, 2.05) is 0 Å². The van der Waals surface area contributed by atoms with Gasteiger partial charge in [-0.05, 0) is 6.42 Å². The van der Waals surface area contributed by atoms with Crippen molar-refractivity contribution < 1.29 is 14.7 Å². The lowest BCUT2D eigenvalue weighted by Crippen LogP contribution is -2.34. The third-order valence-corrected chi connectivity index (χ3v) is 2.02. The third kappa shape index (κ3) is 1.63. The van der Waals surface area contributed by atoms with Crippen molar-refractivity contribution in [3.05, 3.63) is 0 Å². The van der Waals surface area contributed by atoms with Gasteiger partial charge in [-0.25, -0.2) is 4.79 Å². The van der Waals surface area contributed by atoms with Gasteiger partial charge in [-0.2, -0.15) is 0 Å². The number of amides is 1. The van der Waals surface area contributed by atoms with Crippen molar-refractivity contribution >= 4 is 24.0 Å². The van der Waals surface area contributed by atoms with Gasteiger partial charge in [0.2, 0.25) is 6.41 Å². The normalized spacial score (nSPS) is 30.5. The zero-order valence-corrected chi connectivity index (χ0v) is 6.49. The van der Waals surface area contributed by atoms with Crippen molar-refractivity contribution in [2.24, 2.45) is 0 Å². The standard InChI is InChI=1S/C6H8ClNO3/c7-4-1-5(6(10)11)8(2-4)3-9/h3-5H,1-2H2,(H,10,11)/t4-,5+/m1/s1. The number of carboxylic acids is 1. The van der Waals surface area contributed by atoms with Crippen LogP contribution in [0.5, 0.6) is 0 Å². The van der Waals surface area contributed by atoms with E-state index in [1.165, 1.54) is 4.90 Å². The summed E-state index contributed by atoms with van der Waals surface area (Å²) >= 11 is 5.66. The molecule has 0 unspecified atom stereocenters. The summed E-state index contributed by atoms with van der Waals surface area (Å²) in [7, 11) is 0. The molecule has 1 heterocycles. The fraction of sp³-hybridized carbons (Fsp3) is 0.667. The SMILES string of the molecule is O=CN1C[C@H](Cl)C[C@H]1C(=O)O. The molecule has 0 aromatic heterocycles. The predicted octanol–water partition coefficient (Wildman–Crippen LogP) is -0.0909. The van der Waals surface area contributed by atoms with E-state index in [1.54, 1.807) is 0 Å². The van der Waals surface area contributed by atoms with E-state index in [0.717, 1.165) is 0 Å². The minimum absolute atomic E-state index is 0.221. The molecule has 4 nitrogen and oxygen atoms in total. The molecule has 11 heavy (non-hydrogen) atoms. The second kappa shape index (κ2) is 3.09. The largest absolute Gasteiger partial charge is 0.480 e. The van der Waals surface area contributed by atoms with Crippen LogP contribution < -0.4 is 0 Å². The quantitative estimate of drug-likeness (QED) is 0.474. The van der Waals surface area contributed by atoms with Gasteiger partial charge in [0.25, 0.3) is 0 Å². The van der Waals surface area contributed by atoms with Gasteiger partial charge in [-0.1, -0.05) is 0 Å². The molecule has 0 spiro atoms. The average molecular weight is 178 g/mol. The molecular formula is C6H8ClNO3. The van der Waals surface area contributed by atoms with E-state index < -0.39 is 12.0 Å². The lowest BCUT2D eigenvalue weighted by molar-refractivity contribution is -0.144. The van der Waals surface area contributed by atoms with Crippen LogP contribution in [-0.4, -0.2) is 40.3 Å². The van der Waals surface area contributed by atoms with Crippen molar-refractivity contribution in [2.75, 3.05) is 6.54 Å². The Kier molecular flexibility index (Phi) is 2.34. The van der Waals surface area contributed by atoms with Crippen LogP contribution in [0.15, 0.2) is 0 Å². The maximum Gasteiger partial charge on any atom is 0.326 e. The maximum absolute atomic E-state index is 10.5. The molecule has 1 amide bonds. The number of hydrogen-bond donors (Lipinski definition) is 1. The van der Waals surface area contributed by atoms with Crippen molar-refractivity contribution in [1.29, 1.82) is 0 Å². The molecule has 0 aromatic rings. The van der Waals surface area contributed by atoms with Crippen LogP contribution >= 0.6 is 11.6 Å². The highest BCUT2D eigenvalue weighted by molar-refractivity contribution is 6.21. The lowest BCUT2D eigenvalue weighted by atomic mass is 10.2. The van der Waals surface area contributed by atoms with Gasteiger partial charge in [-0.15, -0.1) is 11.6 Å². The Bertz CT molecular complexity index is 185. The number of hydrogen-bond acceptors (Lipinski definition) is 2. The molecule has 0 saturated carbocycles. The molecule has 1 aliphatic heterocycles. The van der Waals surface area contributed by atoms with Gasteiger partial charge in [0.05, 0.1) is 5.38 Å². The van der Waals surface area contributed by atoms with Crippen molar-refractivity contribution in [1.82, 2.24) is 4.90 Å². The van der Waals surface area contributed by atoms with Crippen LogP contribution in [0, 0.1) is 0 Å². The summed E-state index contributed by atoms with van der Waals surface area (Å²) in [5.41, 5.74) is 0. The summed E-state index contributed by atoms with van der Waals surface area (Å²) in [6.45, 7) is 0.335. The van der Waals surface area contributed by atoms with Gasteiger partial charge >= 0.3 is 5.97 Å². The summed E-state index contributed by atoms with van der Waals surface area (Å²) in [4.78, 5) is 21.9. The van der Waals surface area contributed by atoms with Crippen molar-refractivity contribution in [3.8, 4) is 0 Å². The highest BCUT2D eigenvalue weighted by Crippen LogP contribution is 2.20. The zero-order valence-electron chi connectivity index (χ0n) is 5.74. The Morgan fingerprint density at radius 1 is 1.73 bits per heavy atom. The molecule has 0 aliphatic carbocycles. The number of halogens is 1. The van der Waals surface area contributed by atoms with Crippen LogP contribution in [0.2, 0.25) is 0 Å². The Labute approximate surface area is 68.7 Å². The second-order valence-electron chi connectivity index (χ2n) is 2.49. The first-order valence-corrected chi connectivity index (χ1v) is 3.66. The molecule has 5 heteroatoms. The van der Waals surface area contributed by atoms with Crippen molar-refractivity contribution in [3.63, 3.8) is 0 Å². The molecule has 0 bridgehead atoms. The highest BCUT2D eigenvalue weighted by atomic mass is 35.5. The molecule has 2 atom stereocenters. The van der Waals surface area contributed by atoms with Crippen molar-refractivity contribution in [2.45, 2.75) is 17.8 Å². The van der Waals surface area contributed by atoms with Gasteiger partial charge in [0.1, 0.15) is 6.04 Å². The molecule has 1 fully saturated rings. The fourth-order valence-electron chi connectivity index (χ4n) is 1.17. The number of carbonyl (C=O) groups excluding carboxylic acids is 1. The first kappa shape index (κ1) is 8.33. The monoisotopic (exact) mass is 177 g/mol. The van der Waals surface area contributed by atoms with Crippen LogP contribution in [0.1, 0.15) is 6.42 Å². The van der Waals surface area contributed by atoms with E-state index >= 15 is 0 Å². The molecule has 0 radical (unpaired) electrons. The first-order chi connectivity index (χ1) is 5.15. The van der Waals surface area contributed by atoms with E-state index in [4.69, 9.17) is 16.7 Å². The molecule has 62 valence electrons. The number of likely N-dealkylation sites (tertiary alicyclic amines) is 1. The molecule has 1 rings (SSSR count). The van der Waals surface area contributed by atoms with Gasteiger partial charge in [0, 0.05) is 6.54 Å². The lowest BCUT2D eigenvalue weighted by Gasteiger charge is -2.13. The van der Waals surface area contributed by atoms with Crippen LogP contribution in [0.3, 0.4) is 0 Å². The summed E-state index contributed by atoms with van der Waals surface area (Å²) < 4.78 is 0. The Hall–Kier alpha value is -0.770. The Balaban J connectivity index is 2.64. The van der Waals surface area contributed by atoms with E-state index in [2.05, 4.69) is 0 Å². The van der Waals surface area contributed by atoms with Gasteiger partial charge in [-0.3, -0.25) is 4.79 Å². The second-order valence-corrected chi connectivity index (χ2v) is 3.11. The molecule has 1 saturated heterocycles. The highest BCUT2D eigenvalue weighted by Gasteiger charge is 2.34. The van der Waals surface area contributed by atoms with E-state index in [9.17, 15) is 9.59 Å². The maximum atomic E-state index is 10.5. The smallest absolute Gasteiger partial charge is 0.326 e. The van der Waals surface area contributed by atoms with Crippen LogP contribution in [0.4, 0.5) is 0 Å². The predicted molar refractivity (Wildman–Crippen MR) is 38.5 cm³/mol. The summed E-state index contributed by atoms with van der Waals surface area (Å²) in [6.07, 6.45) is 0.872. The number of rotatable bonds is 2. The summed E-state index contributed by atoms with van der Waals surface area (Å²) in [6, 6.07) is -0.727. The molecule has 0 aromatic carbocycles. The summed E-state index contributed by atoms with van der Waals surface area (Å²) in [5, 5.41) is 8.35. The topological polar surface area (TPSA) is 57.6 Å². The minimum Gasteiger partial charge on any atom is -0.480 e. The third-order valence-electron chi connectivity index (χ3n) is 1.71. The number of alkyl halides is 1. The van der Waals surface area contributed by atoms with Crippen LogP contribution in [-0.2, 0) is 9.59 Å². The average Bonchev–Trinajstić information content (AvgIpc) is 2.30. The van der Waals surface area contributed by atoms with Crippen LogP contribution in [0.25, 0.3) is 0 Å². The number of carbonyl (C=O) groups is 2. The van der Waals surface area contributed by atoms with Gasteiger partial charge < -0.3 is 10.0 Å². The number of aliphatic carboxylic acids is 1. The van der Waals surface area contributed by atoms with E-state index in [0.29, 0.717) is 19.4 Å².